The molecule has 1 aliphatic rings. The summed E-state index contributed by atoms with van der Waals surface area (Å²) in [7, 11) is 0. The summed E-state index contributed by atoms with van der Waals surface area (Å²) in [5.41, 5.74) is 0. The summed E-state index contributed by atoms with van der Waals surface area (Å²) in [6.07, 6.45) is 3.72. The molecule has 1 aliphatic heterocycles. The van der Waals surface area contributed by atoms with Crippen LogP contribution in [0, 0.1) is 0 Å². The second kappa shape index (κ2) is 4.99. The van der Waals surface area contributed by atoms with E-state index in [-0.39, 0.29) is 24.8 Å². The minimum atomic E-state index is -0.347. The molecule has 1 fully saturated rings. The van der Waals surface area contributed by atoms with E-state index >= 15 is 0 Å². The Morgan fingerprint density at radius 1 is 1.69 bits per heavy atom. The molecule has 1 saturated heterocycles. The van der Waals surface area contributed by atoms with Crippen molar-refractivity contribution in [2.24, 2.45) is 0 Å². The first-order valence-electron chi connectivity index (χ1n) is 4.39. The molecule has 74 valence electrons. The van der Waals surface area contributed by atoms with Gasteiger partial charge in [-0.2, -0.15) is 0 Å². The van der Waals surface area contributed by atoms with Crippen LogP contribution in [0.25, 0.3) is 0 Å². The van der Waals surface area contributed by atoms with Crippen LogP contribution in [0.3, 0.4) is 0 Å². The lowest BCUT2D eigenvalue weighted by atomic mass is 10.2. The van der Waals surface area contributed by atoms with Gasteiger partial charge < -0.3 is 14.6 Å². The highest BCUT2D eigenvalue weighted by molar-refractivity contribution is 5.82. The van der Waals surface area contributed by atoms with Crippen LogP contribution in [0.5, 0.6) is 0 Å². The summed E-state index contributed by atoms with van der Waals surface area (Å²) in [5, 5.41) is 8.56. The Hall–Kier alpha value is -0.870. The number of aliphatic hydroxyl groups is 1. The first-order valence-corrected chi connectivity index (χ1v) is 4.39. The van der Waals surface area contributed by atoms with Crippen molar-refractivity contribution in [3.05, 3.63) is 12.2 Å². The third-order valence-electron chi connectivity index (χ3n) is 1.74. The predicted octanol–water partition coefficient (Wildman–Crippen LogP) is 0.255. The Kier molecular flexibility index (Phi) is 3.92. The molecule has 0 bridgehead atoms. The first kappa shape index (κ1) is 10.2. The number of ether oxygens (including phenoxy) is 2. The number of carbonyl (C=O) groups excluding carboxylic acids is 1. The van der Waals surface area contributed by atoms with Crippen molar-refractivity contribution in [3.63, 3.8) is 0 Å². The quantitative estimate of drug-likeness (QED) is 0.380. The van der Waals surface area contributed by atoms with E-state index in [9.17, 15) is 4.79 Å². The SMILES string of the molecule is CCOC(=O)/C=C/[C@H]1O[C@@H]1CCO. The van der Waals surface area contributed by atoms with E-state index in [1.165, 1.54) is 6.08 Å². The van der Waals surface area contributed by atoms with Gasteiger partial charge in [0, 0.05) is 12.7 Å². The molecule has 13 heavy (non-hydrogen) atoms. The van der Waals surface area contributed by atoms with Gasteiger partial charge in [0.05, 0.1) is 12.7 Å². The fraction of sp³-hybridized carbons (Fsp3) is 0.667. The van der Waals surface area contributed by atoms with Crippen molar-refractivity contribution in [2.45, 2.75) is 25.6 Å². The lowest BCUT2D eigenvalue weighted by molar-refractivity contribution is -0.137. The molecule has 0 aromatic carbocycles. The fourth-order valence-electron chi connectivity index (χ4n) is 1.05. The van der Waals surface area contributed by atoms with E-state index in [0.29, 0.717) is 13.0 Å². The molecule has 0 radical (unpaired) electrons. The average molecular weight is 186 g/mol. The molecular weight excluding hydrogens is 172 g/mol. The maximum atomic E-state index is 10.8. The number of hydrogen-bond donors (Lipinski definition) is 1. The van der Waals surface area contributed by atoms with Crippen LogP contribution >= 0.6 is 0 Å². The predicted molar refractivity (Wildman–Crippen MR) is 46.1 cm³/mol. The molecule has 4 heteroatoms. The van der Waals surface area contributed by atoms with Gasteiger partial charge in [-0.05, 0) is 19.4 Å². The molecule has 0 unspecified atom stereocenters. The van der Waals surface area contributed by atoms with Gasteiger partial charge in [0.1, 0.15) is 6.10 Å². The minimum absolute atomic E-state index is 0.0171. The number of aliphatic hydroxyl groups excluding tert-OH is 1. The molecule has 1 rings (SSSR count). The molecule has 0 spiro atoms. The molecule has 0 aliphatic carbocycles. The van der Waals surface area contributed by atoms with Crippen LogP contribution in [0.1, 0.15) is 13.3 Å². The molecule has 1 N–H and O–H groups in total. The summed E-state index contributed by atoms with van der Waals surface area (Å²) in [5.74, 6) is -0.347. The summed E-state index contributed by atoms with van der Waals surface area (Å²) >= 11 is 0. The molecule has 2 atom stereocenters. The van der Waals surface area contributed by atoms with E-state index in [1.54, 1.807) is 13.0 Å². The topological polar surface area (TPSA) is 59.1 Å². The highest BCUT2D eigenvalue weighted by Gasteiger charge is 2.35. The summed E-state index contributed by atoms with van der Waals surface area (Å²) in [6, 6.07) is 0. The van der Waals surface area contributed by atoms with Gasteiger partial charge in [0.2, 0.25) is 0 Å². The second-order valence-corrected chi connectivity index (χ2v) is 2.76. The zero-order chi connectivity index (χ0) is 9.68. The van der Waals surface area contributed by atoms with Crippen LogP contribution in [-0.4, -0.2) is 36.5 Å². The average Bonchev–Trinajstić information content (AvgIpc) is 2.82. The Bertz CT molecular complexity index is 200. The third kappa shape index (κ3) is 3.57. The molecule has 0 aromatic heterocycles. The molecule has 0 saturated carbocycles. The molecule has 4 nitrogen and oxygen atoms in total. The van der Waals surface area contributed by atoms with Crippen molar-refractivity contribution in [1.29, 1.82) is 0 Å². The lowest BCUT2D eigenvalue weighted by Crippen LogP contribution is -2.00. The van der Waals surface area contributed by atoms with E-state index in [0.717, 1.165) is 0 Å². The number of hydrogen-bond acceptors (Lipinski definition) is 4. The molecule has 1 heterocycles. The summed E-state index contributed by atoms with van der Waals surface area (Å²) < 4.78 is 9.82. The molecule has 0 amide bonds. The van der Waals surface area contributed by atoms with Gasteiger partial charge >= 0.3 is 5.97 Å². The van der Waals surface area contributed by atoms with E-state index in [2.05, 4.69) is 4.74 Å². The third-order valence-corrected chi connectivity index (χ3v) is 1.74. The van der Waals surface area contributed by atoms with Gasteiger partial charge in [-0.3, -0.25) is 0 Å². The van der Waals surface area contributed by atoms with Crippen molar-refractivity contribution < 1.29 is 19.4 Å². The van der Waals surface area contributed by atoms with Crippen molar-refractivity contribution >= 4 is 5.97 Å². The van der Waals surface area contributed by atoms with Crippen LogP contribution in [0.15, 0.2) is 12.2 Å². The highest BCUT2D eigenvalue weighted by atomic mass is 16.6. The molecular formula is C9H14O4. The lowest BCUT2D eigenvalue weighted by Gasteiger charge is -1.92. The smallest absolute Gasteiger partial charge is 0.330 e. The number of esters is 1. The van der Waals surface area contributed by atoms with Crippen LogP contribution < -0.4 is 0 Å². The number of carbonyl (C=O) groups is 1. The Morgan fingerprint density at radius 2 is 2.46 bits per heavy atom. The van der Waals surface area contributed by atoms with Crippen LogP contribution in [-0.2, 0) is 14.3 Å². The van der Waals surface area contributed by atoms with Crippen molar-refractivity contribution in [1.82, 2.24) is 0 Å². The van der Waals surface area contributed by atoms with Gasteiger partial charge in [-0.25, -0.2) is 4.79 Å². The Balaban J connectivity index is 2.15. The maximum Gasteiger partial charge on any atom is 0.330 e. The van der Waals surface area contributed by atoms with Gasteiger partial charge in [0.25, 0.3) is 0 Å². The van der Waals surface area contributed by atoms with Crippen LogP contribution in [0.2, 0.25) is 0 Å². The zero-order valence-corrected chi connectivity index (χ0v) is 7.60. The monoisotopic (exact) mass is 186 g/mol. The largest absolute Gasteiger partial charge is 0.463 e. The zero-order valence-electron chi connectivity index (χ0n) is 7.60. The highest BCUT2D eigenvalue weighted by Crippen LogP contribution is 2.25. The number of rotatable bonds is 5. The van der Waals surface area contributed by atoms with Gasteiger partial charge in [0.15, 0.2) is 0 Å². The first-order chi connectivity index (χ1) is 6.27. The Morgan fingerprint density at radius 3 is 3.08 bits per heavy atom. The van der Waals surface area contributed by atoms with Crippen molar-refractivity contribution in [3.8, 4) is 0 Å². The number of epoxide rings is 1. The normalized spacial score (nSPS) is 26.3. The minimum Gasteiger partial charge on any atom is -0.463 e. The second-order valence-electron chi connectivity index (χ2n) is 2.76. The van der Waals surface area contributed by atoms with Gasteiger partial charge in [-0.15, -0.1) is 0 Å². The fourth-order valence-corrected chi connectivity index (χ4v) is 1.05. The van der Waals surface area contributed by atoms with E-state index in [1.807, 2.05) is 0 Å². The van der Waals surface area contributed by atoms with Crippen molar-refractivity contribution in [2.75, 3.05) is 13.2 Å². The Labute approximate surface area is 77.1 Å². The molecule has 0 aromatic rings. The maximum absolute atomic E-state index is 10.8. The summed E-state index contributed by atoms with van der Waals surface area (Å²) in [6.45, 7) is 2.26. The summed E-state index contributed by atoms with van der Waals surface area (Å²) in [4.78, 5) is 10.8. The van der Waals surface area contributed by atoms with E-state index < -0.39 is 0 Å². The standard InChI is InChI=1S/C9H14O4/c1-2-12-9(11)4-3-7-8(13-7)5-6-10/h3-4,7-8,10H,2,5-6H2,1H3/b4-3+/t7-,8-/m1/s1. The van der Waals surface area contributed by atoms with Crippen LogP contribution in [0.4, 0.5) is 0 Å². The van der Waals surface area contributed by atoms with Gasteiger partial charge in [-0.1, -0.05) is 0 Å². The van der Waals surface area contributed by atoms with E-state index in [4.69, 9.17) is 9.84 Å².